The molecule has 0 saturated carbocycles. The monoisotopic (exact) mass is 206 g/mol. The summed E-state index contributed by atoms with van der Waals surface area (Å²) in [5.41, 5.74) is 0. The van der Waals surface area contributed by atoms with Gasteiger partial charge in [-0.1, -0.05) is 6.58 Å². The molecule has 0 aromatic rings. The van der Waals surface area contributed by atoms with Gasteiger partial charge in [0.15, 0.2) is 0 Å². The average Bonchev–Trinajstić information content (AvgIpc) is 1.31. The van der Waals surface area contributed by atoms with Crippen molar-refractivity contribution < 1.29 is 71.2 Å². The van der Waals surface area contributed by atoms with Gasteiger partial charge in [0.05, 0.1) is 0 Å². The van der Waals surface area contributed by atoms with Crippen molar-refractivity contribution in [1.29, 1.82) is 0 Å². The van der Waals surface area contributed by atoms with Crippen LogP contribution in [0.15, 0.2) is 11.5 Å². The molecule has 0 aliphatic heterocycles. The average molecular weight is 207 g/mol. The Kier molecular flexibility index (Phi) is 6.54. The van der Waals surface area contributed by atoms with E-state index in [-0.39, 0.29) is 63.1 Å². The van der Waals surface area contributed by atoms with Crippen LogP contribution in [0, 0.1) is 0 Å². The molecule has 42 valence electrons. The Balaban J connectivity index is 0. The van der Waals surface area contributed by atoms with Crippen LogP contribution in [0.2, 0.25) is 0 Å². The first-order chi connectivity index (χ1) is 2.94. The second-order valence-corrected chi connectivity index (χ2v) is 2.76. The van der Waals surface area contributed by atoms with Gasteiger partial charge in [-0.3, -0.25) is 0 Å². The molecule has 0 radical (unpaired) electrons. The molecule has 0 aromatic heterocycles. The van der Waals surface area contributed by atoms with Crippen molar-refractivity contribution in [3.63, 3.8) is 0 Å². The molecule has 0 rings (SSSR count). The Hall–Kier alpha value is 1.46. The van der Waals surface area contributed by atoms with Crippen molar-refractivity contribution in [2.75, 3.05) is 0 Å². The molecule has 0 aliphatic rings. The largest absolute Gasteiger partial charge is 1.00 e. The molecule has 0 N–H and O–H groups in total. The van der Waals surface area contributed by atoms with Gasteiger partial charge in [0.25, 0.3) is 0 Å². The molecule has 0 aliphatic carbocycles. The SMILES string of the molecule is C=C(C)S(=O)(=O)[O-].[Rb+]. The van der Waals surface area contributed by atoms with Crippen LogP contribution in [0.5, 0.6) is 0 Å². The van der Waals surface area contributed by atoms with Gasteiger partial charge in [-0.15, -0.1) is 0 Å². The molecule has 0 bridgehead atoms. The minimum Gasteiger partial charge on any atom is -0.744 e. The molecule has 0 saturated heterocycles. The van der Waals surface area contributed by atoms with Crippen molar-refractivity contribution in [1.82, 2.24) is 0 Å². The van der Waals surface area contributed by atoms with Gasteiger partial charge < -0.3 is 4.55 Å². The molecular weight excluding hydrogens is 202 g/mol. The summed E-state index contributed by atoms with van der Waals surface area (Å²) in [6, 6.07) is 0. The van der Waals surface area contributed by atoms with E-state index in [9.17, 15) is 13.0 Å². The Labute approximate surface area is 97.7 Å². The summed E-state index contributed by atoms with van der Waals surface area (Å²) in [5.74, 6) is 0. The quantitative estimate of drug-likeness (QED) is 0.432. The molecule has 0 aromatic carbocycles. The van der Waals surface area contributed by atoms with Crippen LogP contribution in [-0.2, 0) is 10.1 Å². The normalized spacial score (nSPS) is 9.75. The summed E-state index contributed by atoms with van der Waals surface area (Å²) in [4.78, 5) is -0.340. The maximum atomic E-state index is 9.68. The van der Waals surface area contributed by atoms with Gasteiger partial charge in [0.2, 0.25) is 0 Å². The van der Waals surface area contributed by atoms with E-state index in [4.69, 9.17) is 0 Å². The predicted octanol–water partition coefficient (Wildman–Crippen LogP) is -2.93. The molecule has 0 fully saturated rings. The van der Waals surface area contributed by atoms with E-state index in [2.05, 4.69) is 6.58 Å². The number of hydrogen-bond donors (Lipinski definition) is 0. The first-order valence-electron chi connectivity index (χ1n) is 1.56. The van der Waals surface area contributed by atoms with Crippen LogP contribution in [0.4, 0.5) is 0 Å². The molecule has 8 heavy (non-hydrogen) atoms. The molecule has 0 amide bonds. The van der Waals surface area contributed by atoms with Gasteiger partial charge >= 0.3 is 58.2 Å². The minimum absolute atomic E-state index is 0. The molecular formula is C3H5O3RbS. The van der Waals surface area contributed by atoms with Crippen LogP contribution < -0.4 is 58.2 Å². The van der Waals surface area contributed by atoms with Crippen molar-refractivity contribution in [2.45, 2.75) is 6.92 Å². The topological polar surface area (TPSA) is 57.2 Å². The van der Waals surface area contributed by atoms with E-state index >= 15 is 0 Å². The molecule has 0 unspecified atom stereocenters. The van der Waals surface area contributed by atoms with E-state index in [0.29, 0.717) is 0 Å². The molecule has 0 heterocycles. The zero-order valence-corrected chi connectivity index (χ0v) is 10.6. The number of allylic oxidation sites excluding steroid dienone is 1. The van der Waals surface area contributed by atoms with E-state index in [1.807, 2.05) is 0 Å². The summed E-state index contributed by atoms with van der Waals surface area (Å²) >= 11 is 0. The minimum atomic E-state index is -4.19. The Morgan fingerprint density at radius 1 is 1.62 bits per heavy atom. The summed E-state index contributed by atoms with van der Waals surface area (Å²) < 4.78 is 29.0. The molecule has 3 nitrogen and oxygen atoms in total. The molecule has 5 heteroatoms. The second kappa shape index (κ2) is 4.30. The molecule has 0 spiro atoms. The van der Waals surface area contributed by atoms with Gasteiger partial charge in [-0.2, -0.15) is 0 Å². The number of hydrogen-bond acceptors (Lipinski definition) is 3. The smallest absolute Gasteiger partial charge is 0.744 e. The standard InChI is InChI=1S/C3H6O3S.Rb/c1-3(2)7(4,5)6;/h1H2,2H3,(H,4,5,6);/q;+1/p-1. The third kappa shape index (κ3) is 5.59. The van der Waals surface area contributed by atoms with E-state index in [1.165, 1.54) is 0 Å². The summed E-state index contributed by atoms with van der Waals surface area (Å²) in [5, 5.41) is 0. The Morgan fingerprint density at radius 2 is 1.75 bits per heavy atom. The zero-order chi connectivity index (χ0) is 6.08. The van der Waals surface area contributed by atoms with Crippen molar-refractivity contribution in [3.05, 3.63) is 11.5 Å². The van der Waals surface area contributed by atoms with Crippen molar-refractivity contribution in [2.24, 2.45) is 0 Å². The van der Waals surface area contributed by atoms with E-state index < -0.39 is 10.1 Å². The Bertz CT molecular complexity index is 169. The van der Waals surface area contributed by atoms with Crippen molar-refractivity contribution in [3.8, 4) is 0 Å². The zero-order valence-electron chi connectivity index (χ0n) is 4.84. The van der Waals surface area contributed by atoms with Crippen molar-refractivity contribution >= 4 is 10.1 Å². The fourth-order valence-electron chi connectivity index (χ4n) is 0. The maximum absolute atomic E-state index is 9.68. The molecule has 0 atom stereocenters. The third-order valence-electron chi connectivity index (χ3n) is 0.427. The second-order valence-electron chi connectivity index (χ2n) is 1.16. The van der Waals surface area contributed by atoms with Gasteiger partial charge in [0, 0.05) is 4.91 Å². The van der Waals surface area contributed by atoms with Gasteiger partial charge in [-0.05, 0) is 6.92 Å². The van der Waals surface area contributed by atoms with Gasteiger partial charge in [0.1, 0.15) is 10.1 Å². The third-order valence-corrected chi connectivity index (χ3v) is 1.28. The van der Waals surface area contributed by atoms with Crippen LogP contribution in [0.25, 0.3) is 0 Å². The predicted molar refractivity (Wildman–Crippen MR) is 24.5 cm³/mol. The summed E-state index contributed by atoms with van der Waals surface area (Å²) in [6.45, 7) is 4.08. The van der Waals surface area contributed by atoms with Crippen LogP contribution >= 0.6 is 0 Å². The van der Waals surface area contributed by atoms with Gasteiger partial charge in [-0.25, -0.2) is 8.42 Å². The Morgan fingerprint density at radius 3 is 1.75 bits per heavy atom. The fourth-order valence-corrected chi connectivity index (χ4v) is 0. The maximum Gasteiger partial charge on any atom is 1.00 e. The first kappa shape index (κ1) is 12.2. The fraction of sp³-hybridized carbons (Fsp3) is 0.333. The van der Waals surface area contributed by atoms with Crippen LogP contribution in [-0.4, -0.2) is 13.0 Å². The first-order valence-corrected chi connectivity index (χ1v) is 2.97. The summed E-state index contributed by atoms with van der Waals surface area (Å²) in [6.07, 6.45) is 0. The number of rotatable bonds is 1. The van der Waals surface area contributed by atoms with E-state index in [0.717, 1.165) is 6.92 Å². The van der Waals surface area contributed by atoms with Crippen LogP contribution in [0.3, 0.4) is 0 Å². The summed E-state index contributed by atoms with van der Waals surface area (Å²) in [7, 11) is -4.19. The van der Waals surface area contributed by atoms with E-state index in [1.54, 1.807) is 0 Å². The van der Waals surface area contributed by atoms with Crippen LogP contribution in [0.1, 0.15) is 6.92 Å².